The van der Waals surface area contributed by atoms with Gasteiger partial charge in [-0.3, -0.25) is 4.79 Å². The standard InChI is InChI=1S/C42H83NO10/c1-3-5-7-9-11-13-14-15-16-17-18-19-20-22-23-25-27-29-34(45)37(47)33(32-52-42-40(50)39(49)38(48)36(31-44)53-42)43-41(51)35(46)30-28-26-24-21-12-10-8-6-4-2/h33-40,42,44-50H,3-32H2,1-2H3,(H,43,51). The molecular weight excluding hydrogens is 678 g/mol. The highest BCUT2D eigenvalue weighted by Gasteiger charge is 2.44. The zero-order valence-electron chi connectivity index (χ0n) is 33.8. The molecule has 0 aliphatic carbocycles. The van der Waals surface area contributed by atoms with Crippen LogP contribution >= 0.6 is 0 Å². The molecule has 1 saturated heterocycles. The van der Waals surface area contributed by atoms with Crippen molar-refractivity contribution in [2.75, 3.05) is 13.2 Å². The lowest BCUT2D eigenvalue weighted by Crippen LogP contribution is -2.60. The lowest BCUT2D eigenvalue weighted by Gasteiger charge is -2.40. The fourth-order valence-electron chi connectivity index (χ4n) is 7.20. The fraction of sp³-hybridized carbons (Fsp3) is 0.976. The molecule has 8 N–H and O–H groups in total. The summed E-state index contributed by atoms with van der Waals surface area (Å²) in [5, 5.41) is 75.4. The maximum absolute atomic E-state index is 13.0. The van der Waals surface area contributed by atoms with Gasteiger partial charge < -0.3 is 50.5 Å². The minimum absolute atomic E-state index is 0.264. The third kappa shape index (κ3) is 23.7. The normalized spacial score (nSPS) is 22.8. The van der Waals surface area contributed by atoms with Crippen molar-refractivity contribution in [3.63, 3.8) is 0 Å². The van der Waals surface area contributed by atoms with Crippen LogP contribution in [0.1, 0.15) is 194 Å². The smallest absolute Gasteiger partial charge is 0.249 e. The number of nitrogens with one attached hydrogen (secondary N) is 1. The number of unbranched alkanes of at least 4 members (excludes halogenated alkanes) is 24. The van der Waals surface area contributed by atoms with Crippen molar-refractivity contribution in [1.29, 1.82) is 0 Å². The first-order valence-electron chi connectivity index (χ1n) is 21.9. The van der Waals surface area contributed by atoms with Gasteiger partial charge in [0.05, 0.1) is 25.4 Å². The van der Waals surface area contributed by atoms with Crippen LogP contribution in [0, 0.1) is 0 Å². The van der Waals surface area contributed by atoms with E-state index in [1.165, 1.54) is 116 Å². The number of ether oxygens (including phenoxy) is 2. The highest BCUT2D eigenvalue weighted by Crippen LogP contribution is 2.23. The van der Waals surface area contributed by atoms with Gasteiger partial charge in [0.1, 0.15) is 36.6 Å². The Balaban J connectivity index is 2.45. The van der Waals surface area contributed by atoms with Crippen molar-refractivity contribution in [1.82, 2.24) is 5.32 Å². The highest BCUT2D eigenvalue weighted by molar-refractivity contribution is 5.80. The lowest BCUT2D eigenvalue weighted by atomic mass is 9.98. The van der Waals surface area contributed by atoms with E-state index in [-0.39, 0.29) is 6.42 Å². The van der Waals surface area contributed by atoms with Crippen LogP contribution in [0.4, 0.5) is 0 Å². The Kier molecular flexibility index (Phi) is 31.5. The second-order valence-electron chi connectivity index (χ2n) is 15.8. The van der Waals surface area contributed by atoms with Gasteiger partial charge in [0.15, 0.2) is 6.29 Å². The molecule has 1 heterocycles. The minimum Gasteiger partial charge on any atom is -0.394 e. The molecule has 9 atom stereocenters. The van der Waals surface area contributed by atoms with Crippen molar-refractivity contribution in [3.8, 4) is 0 Å². The van der Waals surface area contributed by atoms with Crippen LogP contribution in [0.2, 0.25) is 0 Å². The van der Waals surface area contributed by atoms with E-state index in [1.807, 2.05) is 0 Å². The molecule has 0 aromatic rings. The largest absolute Gasteiger partial charge is 0.394 e. The molecule has 11 nitrogen and oxygen atoms in total. The number of aliphatic hydroxyl groups excluding tert-OH is 7. The van der Waals surface area contributed by atoms with Crippen LogP contribution < -0.4 is 5.32 Å². The molecule has 1 aliphatic rings. The Labute approximate surface area is 322 Å². The van der Waals surface area contributed by atoms with Crippen LogP contribution in [-0.4, -0.2) is 110 Å². The molecule has 0 bridgehead atoms. The molecule has 1 rings (SSSR count). The Morgan fingerprint density at radius 3 is 1.40 bits per heavy atom. The zero-order chi connectivity index (χ0) is 39.1. The number of aliphatic hydroxyl groups is 7. The molecule has 0 spiro atoms. The minimum atomic E-state index is -1.65. The third-order valence-corrected chi connectivity index (χ3v) is 10.9. The van der Waals surface area contributed by atoms with E-state index in [9.17, 15) is 40.5 Å². The van der Waals surface area contributed by atoms with Gasteiger partial charge in [-0.2, -0.15) is 0 Å². The molecule has 0 radical (unpaired) electrons. The van der Waals surface area contributed by atoms with E-state index in [1.54, 1.807) is 0 Å². The first kappa shape index (κ1) is 50.1. The number of amides is 1. The van der Waals surface area contributed by atoms with E-state index >= 15 is 0 Å². The van der Waals surface area contributed by atoms with Crippen LogP contribution in [0.15, 0.2) is 0 Å². The third-order valence-electron chi connectivity index (χ3n) is 10.9. The number of carbonyl (C=O) groups excluding carboxylic acids is 1. The van der Waals surface area contributed by atoms with Crippen LogP contribution in [0.5, 0.6) is 0 Å². The zero-order valence-corrected chi connectivity index (χ0v) is 33.8. The van der Waals surface area contributed by atoms with E-state index in [0.717, 1.165) is 38.5 Å². The summed E-state index contributed by atoms with van der Waals surface area (Å²) in [5.41, 5.74) is 0. The molecule has 1 aliphatic heterocycles. The second kappa shape index (κ2) is 33.3. The van der Waals surface area contributed by atoms with Crippen LogP contribution in [-0.2, 0) is 14.3 Å². The Morgan fingerprint density at radius 1 is 0.585 bits per heavy atom. The Bertz CT molecular complexity index is 836. The predicted molar refractivity (Wildman–Crippen MR) is 210 cm³/mol. The summed E-state index contributed by atoms with van der Waals surface area (Å²) in [6.45, 7) is 3.41. The number of hydrogen-bond acceptors (Lipinski definition) is 10. The van der Waals surface area contributed by atoms with Crippen molar-refractivity contribution in [3.05, 3.63) is 0 Å². The average Bonchev–Trinajstić information content (AvgIpc) is 3.16. The van der Waals surface area contributed by atoms with E-state index < -0.39 is 74.2 Å². The quantitative estimate of drug-likeness (QED) is 0.0335. The average molecular weight is 762 g/mol. The van der Waals surface area contributed by atoms with E-state index in [4.69, 9.17) is 9.47 Å². The van der Waals surface area contributed by atoms with Gasteiger partial charge in [0.25, 0.3) is 0 Å². The molecule has 1 fully saturated rings. The monoisotopic (exact) mass is 762 g/mol. The van der Waals surface area contributed by atoms with Gasteiger partial charge in [-0.25, -0.2) is 0 Å². The molecule has 0 aromatic heterocycles. The number of hydrogen-bond donors (Lipinski definition) is 8. The summed E-state index contributed by atoms with van der Waals surface area (Å²) in [4.78, 5) is 13.0. The Hall–Kier alpha value is -0.890. The molecule has 0 saturated carbocycles. The van der Waals surface area contributed by atoms with Crippen molar-refractivity contribution in [2.45, 2.75) is 249 Å². The van der Waals surface area contributed by atoms with Gasteiger partial charge in [-0.05, 0) is 12.8 Å². The van der Waals surface area contributed by atoms with E-state index in [2.05, 4.69) is 19.2 Å². The maximum Gasteiger partial charge on any atom is 0.249 e. The van der Waals surface area contributed by atoms with Gasteiger partial charge in [-0.15, -0.1) is 0 Å². The predicted octanol–water partition coefficient (Wildman–Crippen LogP) is 6.33. The molecule has 0 aromatic carbocycles. The molecule has 11 heteroatoms. The molecule has 53 heavy (non-hydrogen) atoms. The number of carbonyl (C=O) groups is 1. The second-order valence-corrected chi connectivity index (χ2v) is 15.8. The van der Waals surface area contributed by atoms with Gasteiger partial charge >= 0.3 is 0 Å². The van der Waals surface area contributed by atoms with Crippen molar-refractivity contribution in [2.24, 2.45) is 0 Å². The summed E-state index contributed by atoms with van der Waals surface area (Å²) in [6, 6.07) is -1.16. The molecular formula is C42H83NO10. The molecule has 1 amide bonds. The van der Waals surface area contributed by atoms with E-state index in [0.29, 0.717) is 19.3 Å². The van der Waals surface area contributed by atoms with Gasteiger partial charge in [0.2, 0.25) is 5.91 Å². The highest BCUT2D eigenvalue weighted by atomic mass is 16.7. The summed E-state index contributed by atoms with van der Waals surface area (Å²) >= 11 is 0. The molecule has 316 valence electrons. The lowest BCUT2D eigenvalue weighted by molar-refractivity contribution is -0.303. The van der Waals surface area contributed by atoms with Gasteiger partial charge in [0, 0.05) is 0 Å². The summed E-state index contributed by atoms with van der Waals surface area (Å²) < 4.78 is 11.1. The fourth-order valence-corrected chi connectivity index (χ4v) is 7.20. The van der Waals surface area contributed by atoms with Gasteiger partial charge in [-0.1, -0.05) is 181 Å². The van der Waals surface area contributed by atoms with Crippen molar-refractivity contribution < 1.29 is 50.0 Å². The summed E-state index contributed by atoms with van der Waals surface area (Å²) in [7, 11) is 0. The summed E-state index contributed by atoms with van der Waals surface area (Å²) in [6.07, 6.45) is 20.2. The SMILES string of the molecule is CCCCCCCCCCCCCCCCCCCC(O)C(O)C(COC1OC(CO)C(O)C(O)C1O)NC(=O)C(O)CCCCCCCCCCC. The van der Waals surface area contributed by atoms with Crippen LogP contribution in [0.3, 0.4) is 0 Å². The Morgan fingerprint density at radius 2 is 0.981 bits per heavy atom. The topological polar surface area (TPSA) is 189 Å². The first-order chi connectivity index (χ1) is 25.7. The van der Waals surface area contributed by atoms with Crippen LogP contribution in [0.25, 0.3) is 0 Å². The maximum atomic E-state index is 13.0. The number of rotatable bonds is 36. The molecule has 9 unspecified atom stereocenters. The first-order valence-corrected chi connectivity index (χ1v) is 21.9. The van der Waals surface area contributed by atoms with Crippen molar-refractivity contribution >= 4 is 5.91 Å². The summed E-state index contributed by atoms with van der Waals surface area (Å²) in [5.74, 6) is -0.698.